The van der Waals surface area contributed by atoms with Gasteiger partial charge in [-0.2, -0.15) is 0 Å². The van der Waals surface area contributed by atoms with E-state index in [4.69, 9.17) is 16.6 Å². The lowest BCUT2D eigenvalue weighted by Gasteiger charge is -2.41. The van der Waals surface area contributed by atoms with Crippen molar-refractivity contribution in [3.8, 4) is 0 Å². The van der Waals surface area contributed by atoms with Crippen LogP contribution in [-0.2, 0) is 16.0 Å². The molecule has 0 radical (unpaired) electrons. The van der Waals surface area contributed by atoms with E-state index in [-0.39, 0.29) is 11.7 Å². The molecular weight excluding hydrogens is 626 g/mol. The fourth-order valence-electron chi connectivity index (χ4n) is 6.49. The number of ketones is 1. The van der Waals surface area contributed by atoms with E-state index in [1.165, 1.54) is 17.3 Å². The summed E-state index contributed by atoms with van der Waals surface area (Å²) >= 11 is 7.97. The number of amides is 1. The van der Waals surface area contributed by atoms with Crippen LogP contribution >= 0.6 is 23.4 Å². The molecule has 0 aliphatic carbocycles. The third-order valence-electron chi connectivity index (χ3n) is 9.28. The van der Waals surface area contributed by atoms with Gasteiger partial charge in [0.15, 0.2) is 5.16 Å². The van der Waals surface area contributed by atoms with Crippen molar-refractivity contribution < 1.29 is 9.59 Å². The van der Waals surface area contributed by atoms with Gasteiger partial charge in [0.2, 0.25) is 0 Å². The molecule has 0 bridgehead atoms. The zero-order chi connectivity index (χ0) is 32.6. The van der Waals surface area contributed by atoms with E-state index < -0.39 is 5.41 Å². The number of aromatic nitrogens is 2. The van der Waals surface area contributed by atoms with Crippen molar-refractivity contribution in [1.82, 2.24) is 19.8 Å². The molecule has 2 aliphatic heterocycles. The van der Waals surface area contributed by atoms with Crippen LogP contribution in [0, 0.1) is 0 Å². The smallest absolute Gasteiger partial charge is 0.253 e. The number of halogens is 1. The number of anilines is 1. The molecule has 1 amide bonds. The van der Waals surface area contributed by atoms with Crippen LogP contribution in [0.3, 0.4) is 0 Å². The predicted molar refractivity (Wildman–Crippen MR) is 191 cm³/mol. The molecule has 0 saturated carbocycles. The molecule has 0 N–H and O–H groups in total. The quantitative estimate of drug-likeness (QED) is 0.102. The second-order valence-electron chi connectivity index (χ2n) is 12.2. The van der Waals surface area contributed by atoms with E-state index in [9.17, 15) is 9.59 Å². The maximum Gasteiger partial charge on any atom is 0.253 e. The number of carbonyl (C=O) groups excluding carboxylic acids is 2. The van der Waals surface area contributed by atoms with Crippen LogP contribution in [0.1, 0.15) is 46.8 Å². The van der Waals surface area contributed by atoms with Crippen molar-refractivity contribution in [1.29, 1.82) is 0 Å². The third-order valence-corrected chi connectivity index (χ3v) is 10.4. The predicted octanol–water partition coefficient (Wildman–Crippen LogP) is 7.02. The van der Waals surface area contributed by atoms with Crippen LogP contribution < -0.4 is 4.90 Å². The molecule has 4 aromatic rings. The molecule has 1 aromatic heterocycles. The Hall–Kier alpha value is -3.98. The van der Waals surface area contributed by atoms with Crippen molar-refractivity contribution in [2.75, 3.05) is 50.7 Å². The van der Waals surface area contributed by atoms with Crippen molar-refractivity contribution in [2.45, 2.75) is 36.1 Å². The molecule has 6 rings (SSSR count). The van der Waals surface area contributed by atoms with E-state index in [0.717, 1.165) is 49.4 Å². The second kappa shape index (κ2) is 15.3. The van der Waals surface area contributed by atoms with Gasteiger partial charge in [0, 0.05) is 63.2 Å². The van der Waals surface area contributed by atoms with Crippen molar-refractivity contribution in [3.63, 3.8) is 0 Å². The zero-order valence-electron chi connectivity index (χ0n) is 26.7. The highest BCUT2D eigenvalue weighted by Crippen LogP contribution is 2.38. The van der Waals surface area contributed by atoms with Gasteiger partial charge in [0.05, 0.1) is 5.41 Å². The molecule has 0 atom stereocenters. The Morgan fingerprint density at radius 1 is 0.851 bits per heavy atom. The maximum absolute atomic E-state index is 13.4. The molecule has 2 fully saturated rings. The van der Waals surface area contributed by atoms with E-state index in [2.05, 4.69) is 51.2 Å². The molecule has 9 heteroatoms. The molecule has 3 aromatic carbocycles. The van der Waals surface area contributed by atoms with Gasteiger partial charge in [0.25, 0.3) is 5.91 Å². The number of piperidine rings is 1. The molecule has 0 unspecified atom stereocenters. The summed E-state index contributed by atoms with van der Waals surface area (Å²) in [7, 11) is 0. The normalized spacial score (nSPS) is 16.8. The number of piperazine rings is 1. The first-order chi connectivity index (χ1) is 22.9. The number of nitrogens with zero attached hydrogens (tertiary/aromatic N) is 5. The van der Waals surface area contributed by atoms with Crippen molar-refractivity contribution >= 4 is 46.9 Å². The topological polar surface area (TPSA) is 69.6 Å². The summed E-state index contributed by atoms with van der Waals surface area (Å²) in [5.41, 5.74) is 3.54. The summed E-state index contributed by atoms with van der Waals surface area (Å²) in [4.78, 5) is 42.1. The first kappa shape index (κ1) is 32.9. The number of rotatable bonds is 10. The first-order valence-corrected chi connectivity index (χ1v) is 17.6. The van der Waals surface area contributed by atoms with Gasteiger partial charge in [-0.3, -0.25) is 14.5 Å². The Morgan fingerprint density at radius 3 is 2.26 bits per heavy atom. The van der Waals surface area contributed by atoms with Gasteiger partial charge in [-0.15, -0.1) is 0 Å². The van der Waals surface area contributed by atoms with Crippen LogP contribution in [0.2, 0.25) is 5.15 Å². The van der Waals surface area contributed by atoms with Gasteiger partial charge in [-0.25, -0.2) is 9.97 Å². The summed E-state index contributed by atoms with van der Waals surface area (Å²) in [6.45, 7) is 7.12. The standard InChI is InChI=1S/C38H40ClN5O2S/c1-29(45)38(33-15-6-3-7-16-33)17-20-43(21-18-38)35-27-34(39)40-37(41-35)47-28-31-12-8-14-32(26-31)36(46)44-24-22-42(23-25-44)19-9-13-30-10-4-2-5-11-30/h2-16,26-27H,17-25,28H2,1H3. The zero-order valence-corrected chi connectivity index (χ0v) is 28.3. The van der Waals surface area contributed by atoms with Crippen LogP contribution in [0.25, 0.3) is 6.08 Å². The Labute approximate surface area is 286 Å². The number of Topliss-reactive ketones (excluding diaryl/α,β-unsaturated/α-hetero) is 1. The lowest BCUT2D eigenvalue weighted by molar-refractivity contribution is -0.123. The molecule has 7 nitrogen and oxygen atoms in total. The average molecular weight is 666 g/mol. The van der Waals surface area contributed by atoms with E-state index in [0.29, 0.717) is 47.8 Å². The molecule has 0 spiro atoms. The van der Waals surface area contributed by atoms with Gasteiger partial charge in [-0.05, 0) is 48.6 Å². The minimum atomic E-state index is -0.470. The molecule has 242 valence electrons. The minimum Gasteiger partial charge on any atom is -0.356 e. The lowest BCUT2D eigenvalue weighted by atomic mass is 9.70. The van der Waals surface area contributed by atoms with Gasteiger partial charge < -0.3 is 9.80 Å². The summed E-state index contributed by atoms with van der Waals surface area (Å²) in [5, 5.41) is 0.982. The summed E-state index contributed by atoms with van der Waals surface area (Å²) in [6, 6.07) is 30.1. The Morgan fingerprint density at radius 2 is 1.55 bits per heavy atom. The average Bonchev–Trinajstić information content (AvgIpc) is 3.11. The highest BCUT2D eigenvalue weighted by Gasteiger charge is 2.40. The SMILES string of the molecule is CC(=O)C1(c2ccccc2)CCN(c2cc(Cl)nc(SCc3cccc(C(=O)N4CCN(CC=Cc5ccccc5)CC4)c3)n2)CC1. The van der Waals surface area contributed by atoms with Crippen LogP contribution in [0.4, 0.5) is 5.82 Å². The number of hydrogen-bond acceptors (Lipinski definition) is 7. The second-order valence-corrected chi connectivity index (χ2v) is 13.5. The largest absolute Gasteiger partial charge is 0.356 e. The number of thioether (sulfide) groups is 1. The summed E-state index contributed by atoms with van der Waals surface area (Å²) in [5.74, 6) is 1.66. The Kier molecular flexibility index (Phi) is 10.7. The third kappa shape index (κ3) is 8.12. The van der Waals surface area contributed by atoms with Crippen molar-refractivity contribution in [3.05, 3.63) is 124 Å². The van der Waals surface area contributed by atoms with Crippen LogP contribution in [0.5, 0.6) is 0 Å². The minimum absolute atomic E-state index is 0.0693. The Bertz CT molecular complexity index is 1700. The number of carbonyl (C=O) groups is 2. The summed E-state index contributed by atoms with van der Waals surface area (Å²) in [6.07, 6.45) is 5.78. The summed E-state index contributed by atoms with van der Waals surface area (Å²) < 4.78 is 0. The highest BCUT2D eigenvalue weighted by molar-refractivity contribution is 7.98. The Balaban J connectivity index is 1.03. The van der Waals surface area contributed by atoms with E-state index >= 15 is 0 Å². The monoisotopic (exact) mass is 665 g/mol. The first-order valence-electron chi connectivity index (χ1n) is 16.2. The van der Waals surface area contributed by atoms with E-state index in [1.807, 2.05) is 65.6 Å². The van der Waals surface area contributed by atoms with Crippen LogP contribution in [0.15, 0.2) is 102 Å². The van der Waals surface area contributed by atoms with Crippen molar-refractivity contribution in [2.24, 2.45) is 0 Å². The van der Waals surface area contributed by atoms with E-state index in [1.54, 1.807) is 13.0 Å². The molecular formula is C38H40ClN5O2S. The molecule has 2 saturated heterocycles. The van der Waals surface area contributed by atoms with Gasteiger partial charge in [0.1, 0.15) is 16.8 Å². The number of benzene rings is 3. The molecule has 2 aliphatic rings. The van der Waals surface area contributed by atoms with Crippen LogP contribution in [-0.4, -0.2) is 77.3 Å². The van der Waals surface area contributed by atoms with Gasteiger partial charge in [-0.1, -0.05) is 108 Å². The maximum atomic E-state index is 13.4. The highest BCUT2D eigenvalue weighted by atomic mass is 35.5. The fourth-order valence-corrected chi connectivity index (χ4v) is 7.51. The lowest BCUT2D eigenvalue weighted by Crippen LogP contribution is -2.48. The fraction of sp³-hybridized carbons (Fsp3) is 0.316. The van der Waals surface area contributed by atoms with Gasteiger partial charge >= 0.3 is 0 Å². The molecule has 3 heterocycles. The number of hydrogen-bond donors (Lipinski definition) is 0. The molecule has 47 heavy (non-hydrogen) atoms.